The normalized spacial score (nSPS) is 10.4. The lowest BCUT2D eigenvalue weighted by Gasteiger charge is -2.07. The third-order valence-corrected chi connectivity index (χ3v) is 4.08. The zero-order valence-electron chi connectivity index (χ0n) is 10.9. The summed E-state index contributed by atoms with van der Waals surface area (Å²) in [7, 11) is 0. The molecule has 5 nitrogen and oxygen atoms in total. The zero-order chi connectivity index (χ0) is 15.6. The first-order valence-electron chi connectivity index (χ1n) is 5.84. The number of carboxylic acids is 1. The lowest BCUT2D eigenvalue weighted by Crippen LogP contribution is -1.99. The predicted octanol–water partition coefficient (Wildman–Crippen LogP) is 4.41. The van der Waals surface area contributed by atoms with E-state index in [0.29, 0.717) is 14.8 Å². The van der Waals surface area contributed by atoms with Crippen molar-refractivity contribution in [3.8, 4) is 0 Å². The van der Waals surface area contributed by atoms with E-state index in [4.69, 9.17) is 11.6 Å². The van der Waals surface area contributed by atoms with Crippen molar-refractivity contribution < 1.29 is 14.8 Å². The van der Waals surface area contributed by atoms with Crippen molar-refractivity contribution in [3.05, 3.63) is 62.7 Å². The van der Waals surface area contributed by atoms with Gasteiger partial charge in [0, 0.05) is 16.0 Å². The molecule has 0 atom stereocenters. The fourth-order valence-electron chi connectivity index (χ4n) is 1.73. The van der Waals surface area contributed by atoms with Gasteiger partial charge < -0.3 is 5.11 Å². The van der Waals surface area contributed by atoms with E-state index in [2.05, 4.69) is 0 Å². The third-order valence-electron chi connectivity index (χ3n) is 2.70. The fraction of sp³-hybridized carbons (Fsp3) is 0.0714. The Bertz CT molecular complexity index is 671. The summed E-state index contributed by atoms with van der Waals surface area (Å²) in [5, 5.41) is 20.6. The number of aryl methyl sites for hydroxylation is 1. The second-order valence-corrected chi connectivity index (χ2v) is 5.80. The number of benzene rings is 2. The lowest BCUT2D eigenvalue weighted by atomic mass is 10.2. The second-order valence-electron chi connectivity index (χ2n) is 4.28. The number of nitro groups is 1. The van der Waals surface area contributed by atoms with Crippen LogP contribution in [0.1, 0.15) is 15.9 Å². The second kappa shape index (κ2) is 6.15. The Morgan fingerprint density at radius 3 is 2.52 bits per heavy atom. The molecule has 2 aromatic carbocycles. The van der Waals surface area contributed by atoms with Gasteiger partial charge in [-0.05, 0) is 36.8 Å². The van der Waals surface area contributed by atoms with Gasteiger partial charge in [0.1, 0.15) is 0 Å². The number of hydrogen-bond donors (Lipinski definition) is 1. The molecule has 0 fully saturated rings. The maximum atomic E-state index is 11.2. The maximum Gasteiger partial charge on any atom is 0.336 e. The molecule has 7 heteroatoms. The van der Waals surface area contributed by atoms with Crippen molar-refractivity contribution >= 4 is 35.0 Å². The number of halogens is 1. The van der Waals surface area contributed by atoms with Gasteiger partial charge >= 0.3 is 5.97 Å². The fourth-order valence-corrected chi connectivity index (χ4v) is 2.91. The maximum absolute atomic E-state index is 11.2. The summed E-state index contributed by atoms with van der Waals surface area (Å²) >= 11 is 6.82. The Labute approximate surface area is 129 Å². The molecule has 0 aliphatic carbocycles. The smallest absolute Gasteiger partial charge is 0.336 e. The molecule has 21 heavy (non-hydrogen) atoms. The van der Waals surface area contributed by atoms with E-state index in [9.17, 15) is 20.0 Å². The number of nitro benzene ring substituents is 1. The van der Waals surface area contributed by atoms with Gasteiger partial charge in [0.2, 0.25) is 0 Å². The Hall–Kier alpha value is -2.05. The van der Waals surface area contributed by atoms with Crippen molar-refractivity contribution in [2.45, 2.75) is 16.7 Å². The number of carbonyl (C=O) groups is 1. The Morgan fingerprint density at radius 1 is 1.24 bits per heavy atom. The first-order chi connectivity index (χ1) is 9.88. The summed E-state index contributed by atoms with van der Waals surface area (Å²) in [6.45, 7) is 1.76. The van der Waals surface area contributed by atoms with Crippen LogP contribution in [0.5, 0.6) is 0 Å². The van der Waals surface area contributed by atoms with E-state index >= 15 is 0 Å². The van der Waals surface area contributed by atoms with Crippen molar-refractivity contribution in [2.75, 3.05) is 0 Å². The van der Waals surface area contributed by atoms with Gasteiger partial charge in [0.15, 0.2) is 0 Å². The number of aromatic carboxylic acids is 1. The summed E-state index contributed by atoms with van der Waals surface area (Å²) < 4.78 is 0. The van der Waals surface area contributed by atoms with Crippen LogP contribution in [0.2, 0.25) is 5.02 Å². The van der Waals surface area contributed by atoms with Crippen LogP contribution in [-0.4, -0.2) is 16.0 Å². The molecule has 0 bridgehead atoms. The van der Waals surface area contributed by atoms with Crippen LogP contribution < -0.4 is 0 Å². The molecule has 0 heterocycles. The molecular formula is C14H10ClNO4S. The molecule has 0 amide bonds. The van der Waals surface area contributed by atoms with Crippen molar-refractivity contribution in [1.82, 2.24) is 0 Å². The minimum Gasteiger partial charge on any atom is -0.478 e. The van der Waals surface area contributed by atoms with E-state index in [0.717, 1.165) is 17.3 Å². The van der Waals surface area contributed by atoms with Gasteiger partial charge in [0.25, 0.3) is 5.69 Å². The first-order valence-corrected chi connectivity index (χ1v) is 7.03. The summed E-state index contributed by atoms with van der Waals surface area (Å²) in [4.78, 5) is 22.6. The SMILES string of the molecule is Cc1ccc(Sc2ccc(Cl)cc2C(=O)O)c([N+](=O)[O-])c1. The quantitative estimate of drug-likeness (QED) is 0.666. The third kappa shape index (κ3) is 3.53. The standard InChI is InChI=1S/C14H10ClNO4S/c1-8-2-4-13(11(6-8)16(19)20)21-12-5-3-9(15)7-10(12)14(17)18/h2-7H,1H3,(H,17,18). The Kier molecular flexibility index (Phi) is 4.50. The molecule has 0 saturated heterocycles. The molecule has 108 valence electrons. The molecule has 0 radical (unpaired) electrons. The zero-order valence-corrected chi connectivity index (χ0v) is 12.4. The van der Waals surface area contributed by atoms with Crippen LogP contribution in [-0.2, 0) is 0 Å². The van der Waals surface area contributed by atoms with Gasteiger partial charge in [-0.2, -0.15) is 0 Å². The van der Waals surface area contributed by atoms with Gasteiger partial charge in [-0.15, -0.1) is 0 Å². The first kappa shape index (κ1) is 15.3. The molecule has 2 rings (SSSR count). The van der Waals surface area contributed by atoms with E-state index in [1.807, 2.05) is 0 Å². The van der Waals surface area contributed by atoms with Crippen molar-refractivity contribution in [1.29, 1.82) is 0 Å². The van der Waals surface area contributed by atoms with Crippen LogP contribution >= 0.6 is 23.4 Å². The minimum absolute atomic E-state index is 0.0161. The predicted molar refractivity (Wildman–Crippen MR) is 80.4 cm³/mol. The Morgan fingerprint density at radius 2 is 1.90 bits per heavy atom. The number of rotatable bonds is 4. The van der Waals surface area contributed by atoms with Gasteiger partial charge in [-0.3, -0.25) is 10.1 Å². The average Bonchev–Trinajstić information content (AvgIpc) is 2.42. The largest absolute Gasteiger partial charge is 0.478 e. The van der Waals surface area contributed by atoms with E-state index in [1.54, 1.807) is 31.2 Å². The van der Waals surface area contributed by atoms with Crippen LogP contribution in [0.25, 0.3) is 0 Å². The summed E-state index contributed by atoms with van der Waals surface area (Å²) in [6.07, 6.45) is 0. The van der Waals surface area contributed by atoms with Crippen LogP contribution in [0.3, 0.4) is 0 Å². The Balaban J connectivity index is 2.48. The summed E-state index contributed by atoms with van der Waals surface area (Å²) in [5.74, 6) is -1.13. The molecule has 0 saturated carbocycles. The molecule has 2 aromatic rings. The van der Waals surface area contributed by atoms with Gasteiger partial charge in [-0.1, -0.05) is 29.4 Å². The summed E-state index contributed by atoms with van der Waals surface area (Å²) in [5.41, 5.74) is 0.731. The van der Waals surface area contributed by atoms with Crippen LogP contribution in [0, 0.1) is 17.0 Å². The molecular weight excluding hydrogens is 314 g/mol. The van der Waals surface area contributed by atoms with Crippen LogP contribution in [0.15, 0.2) is 46.2 Å². The highest BCUT2D eigenvalue weighted by molar-refractivity contribution is 7.99. The van der Waals surface area contributed by atoms with Crippen molar-refractivity contribution in [3.63, 3.8) is 0 Å². The minimum atomic E-state index is -1.13. The number of nitrogens with zero attached hydrogens (tertiary/aromatic N) is 1. The monoisotopic (exact) mass is 323 g/mol. The van der Waals surface area contributed by atoms with E-state index in [-0.39, 0.29) is 11.3 Å². The highest BCUT2D eigenvalue weighted by Gasteiger charge is 2.18. The summed E-state index contributed by atoms with van der Waals surface area (Å²) in [6, 6.07) is 9.23. The van der Waals surface area contributed by atoms with E-state index < -0.39 is 10.9 Å². The average molecular weight is 324 g/mol. The highest BCUT2D eigenvalue weighted by atomic mass is 35.5. The molecule has 0 aliphatic rings. The highest BCUT2D eigenvalue weighted by Crippen LogP contribution is 2.37. The number of hydrogen-bond acceptors (Lipinski definition) is 4. The van der Waals surface area contributed by atoms with Gasteiger partial charge in [-0.25, -0.2) is 4.79 Å². The molecule has 0 spiro atoms. The van der Waals surface area contributed by atoms with E-state index in [1.165, 1.54) is 12.1 Å². The van der Waals surface area contributed by atoms with Gasteiger partial charge in [0.05, 0.1) is 15.4 Å². The molecule has 0 aromatic heterocycles. The lowest BCUT2D eigenvalue weighted by molar-refractivity contribution is -0.387. The molecule has 0 aliphatic heterocycles. The topological polar surface area (TPSA) is 80.4 Å². The molecule has 0 unspecified atom stereocenters. The molecule has 1 N–H and O–H groups in total. The van der Waals surface area contributed by atoms with Crippen LogP contribution in [0.4, 0.5) is 5.69 Å². The van der Waals surface area contributed by atoms with Crippen molar-refractivity contribution in [2.24, 2.45) is 0 Å². The number of carboxylic acid groups (broad SMARTS) is 1.